The molecule has 6 heteroatoms. The smallest absolute Gasteiger partial charge is 0.341 e. The average Bonchev–Trinajstić information content (AvgIpc) is 2.70. The highest BCUT2D eigenvalue weighted by Crippen LogP contribution is 2.24. The van der Waals surface area contributed by atoms with E-state index in [-0.39, 0.29) is 6.61 Å². The van der Waals surface area contributed by atoms with Crippen molar-refractivity contribution in [3.05, 3.63) is 64.7 Å². The largest absolute Gasteiger partial charge is 0.496 e. The van der Waals surface area contributed by atoms with E-state index in [1.54, 1.807) is 24.3 Å². The van der Waals surface area contributed by atoms with Gasteiger partial charge in [-0.2, -0.15) is 5.26 Å². The van der Waals surface area contributed by atoms with Gasteiger partial charge in [0.2, 0.25) is 0 Å². The third kappa shape index (κ3) is 4.04. The zero-order chi connectivity index (χ0) is 20.1. The molecule has 3 rings (SSSR count). The van der Waals surface area contributed by atoms with Crippen LogP contribution in [0.3, 0.4) is 0 Å². The van der Waals surface area contributed by atoms with Gasteiger partial charge >= 0.3 is 5.97 Å². The molecule has 0 amide bonds. The lowest BCUT2D eigenvalue weighted by Gasteiger charge is -2.12. The van der Waals surface area contributed by atoms with Crippen LogP contribution in [-0.4, -0.2) is 31.2 Å². The lowest BCUT2D eigenvalue weighted by atomic mass is 10.0. The molecule has 28 heavy (non-hydrogen) atoms. The van der Waals surface area contributed by atoms with Crippen molar-refractivity contribution in [3.63, 3.8) is 0 Å². The fraction of sp³-hybridized carbons (Fsp3) is 0.227. The number of hydrogen-bond acceptors (Lipinski definition) is 6. The number of aromatic nitrogens is 1. The van der Waals surface area contributed by atoms with Crippen molar-refractivity contribution < 1.29 is 14.3 Å². The summed E-state index contributed by atoms with van der Waals surface area (Å²) in [6.45, 7) is 4.48. The molecule has 0 aliphatic rings. The predicted octanol–water partition coefficient (Wildman–Crippen LogP) is 4.00. The van der Waals surface area contributed by atoms with Crippen LogP contribution in [0.25, 0.3) is 10.9 Å². The van der Waals surface area contributed by atoms with Gasteiger partial charge in [0.15, 0.2) is 0 Å². The minimum atomic E-state index is -0.461. The molecule has 0 aliphatic heterocycles. The Hall–Kier alpha value is -3.59. The van der Waals surface area contributed by atoms with Crippen LogP contribution in [-0.2, 0) is 4.74 Å². The van der Waals surface area contributed by atoms with Crippen molar-refractivity contribution in [1.29, 1.82) is 5.26 Å². The molecule has 0 fully saturated rings. The van der Waals surface area contributed by atoms with Gasteiger partial charge in [0.25, 0.3) is 0 Å². The Morgan fingerprint density at radius 2 is 2.00 bits per heavy atom. The van der Waals surface area contributed by atoms with Gasteiger partial charge in [-0.15, -0.1) is 0 Å². The van der Waals surface area contributed by atoms with Crippen molar-refractivity contribution in [3.8, 4) is 11.8 Å². The third-order valence-corrected chi connectivity index (χ3v) is 4.36. The number of esters is 1. The zero-order valence-corrected chi connectivity index (χ0v) is 16.1. The van der Waals surface area contributed by atoms with Gasteiger partial charge < -0.3 is 14.8 Å². The van der Waals surface area contributed by atoms with Gasteiger partial charge in [0, 0.05) is 5.39 Å². The highest BCUT2D eigenvalue weighted by atomic mass is 16.5. The predicted molar refractivity (Wildman–Crippen MR) is 108 cm³/mol. The van der Waals surface area contributed by atoms with E-state index in [4.69, 9.17) is 9.47 Å². The van der Waals surface area contributed by atoms with Crippen LogP contribution in [0.1, 0.15) is 27.0 Å². The quantitative estimate of drug-likeness (QED) is 0.518. The Morgan fingerprint density at radius 1 is 1.21 bits per heavy atom. The lowest BCUT2D eigenvalue weighted by Crippen LogP contribution is -2.15. The average molecular weight is 375 g/mol. The number of nitrogens with one attached hydrogen (secondary N) is 1. The van der Waals surface area contributed by atoms with Gasteiger partial charge in [-0.05, 0) is 49.2 Å². The molecular formula is C22H21N3O3. The van der Waals surface area contributed by atoms with Crippen molar-refractivity contribution in [2.75, 3.05) is 25.6 Å². The summed E-state index contributed by atoms with van der Waals surface area (Å²) >= 11 is 0. The van der Waals surface area contributed by atoms with Crippen LogP contribution < -0.4 is 10.1 Å². The first-order valence-corrected chi connectivity index (χ1v) is 8.89. The Labute approximate surface area is 163 Å². The molecule has 0 saturated carbocycles. The molecule has 1 N–H and O–H groups in total. The molecule has 3 aromatic rings. The Balaban J connectivity index is 1.68. The maximum atomic E-state index is 12.2. The minimum absolute atomic E-state index is 0.133. The zero-order valence-electron chi connectivity index (χ0n) is 16.1. The van der Waals surface area contributed by atoms with E-state index in [2.05, 4.69) is 22.4 Å². The number of fused-ring (bicyclic) bond motifs is 1. The van der Waals surface area contributed by atoms with Gasteiger partial charge in [-0.3, -0.25) is 0 Å². The molecule has 0 saturated heterocycles. The number of nitriles is 1. The first-order chi connectivity index (χ1) is 13.5. The summed E-state index contributed by atoms with van der Waals surface area (Å²) in [6, 6.07) is 14.9. The summed E-state index contributed by atoms with van der Waals surface area (Å²) in [5.74, 6) is 0.486. The van der Waals surface area contributed by atoms with Crippen molar-refractivity contribution in [1.82, 2.24) is 4.98 Å². The number of rotatable bonds is 6. The molecule has 1 heterocycles. The van der Waals surface area contributed by atoms with E-state index in [0.29, 0.717) is 29.2 Å². The second-order valence-electron chi connectivity index (χ2n) is 6.41. The molecular weight excluding hydrogens is 354 g/mol. The summed E-state index contributed by atoms with van der Waals surface area (Å²) in [4.78, 5) is 16.8. The summed E-state index contributed by atoms with van der Waals surface area (Å²) in [5, 5.41) is 13.5. The highest BCUT2D eigenvalue weighted by Gasteiger charge is 2.13. The van der Waals surface area contributed by atoms with Gasteiger partial charge in [0.1, 0.15) is 29.8 Å². The SMILES string of the molecule is COc1ccccc1C(=O)OCCNc1nc2cc(C)cc(C)c2cc1C#N. The minimum Gasteiger partial charge on any atom is -0.496 e. The van der Waals surface area contributed by atoms with Crippen LogP contribution in [0.5, 0.6) is 5.75 Å². The summed E-state index contributed by atoms with van der Waals surface area (Å²) < 4.78 is 10.5. The molecule has 2 aromatic carbocycles. The Morgan fingerprint density at radius 3 is 2.75 bits per heavy atom. The number of ether oxygens (including phenoxy) is 2. The molecule has 0 radical (unpaired) electrons. The number of pyridine rings is 1. The van der Waals surface area contributed by atoms with Crippen molar-refractivity contribution in [2.45, 2.75) is 13.8 Å². The first-order valence-electron chi connectivity index (χ1n) is 8.89. The molecule has 0 spiro atoms. The molecule has 0 atom stereocenters. The maximum absolute atomic E-state index is 12.2. The van der Waals surface area contributed by atoms with E-state index in [1.165, 1.54) is 7.11 Å². The van der Waals surface area contributed by atoms with E-state index in [1.807, 2.05) is 26.0 Å². The van der Waals surface area contributed by atoms with Crippen LogP contribution in [0.2, 0.25) is 0 Å². The molecule has 6 nitrogen and oxygen atoms in total. The number of carbonyl (C=O) groups excluding carboxylic acids is 1. The molecule has 0 aliphatic carbocycles. The van der Waals surface area contributed by atoms with E-state index < -0.39 is 5.97 Å². The Bertz CT molecular complexity index is 1070. The number of benzene rings is 2. The first kappa shape index (κ1) is 19.2. The Kier molecular flexibility index (Phi) is 5.75. The van der Waals surface area contributed by atoms with Gasteiger partial charge in [-0.1, -0.05) is 18.2 Å². The standard InChI is InChI=1S/C22H21N3O3/c1-14-10-15(2)18-12-16(13-23)21(25-19(18)11-14)24-8-9-28-22(26)17-6-4-5-7-20(17)27-3/h4-7,10-12H,8-9H2,1-3H3,(H,24,25). The topological polar surface area (TPSA) is 84.2 Å². The van der Waals surface area contributed by atoms with E-state index >= 15 is 0 Å². The summed E-state index contributed by atoms with van der Waals surface area (Å²) in [6.07, 6.45) is 0. The number of aryl methyl sites for hydroxylation is 2. The fourth-order valence-corrected chi connectivity index (χ4v) is 3.05. The van der Waals surface area contributed by atoms with Crippen LogP contribution in [0, 0.1) is 25.2 Å². The van der Waals surface area contributed by atoms with Gasteiger partial charge in [-0.25, -0.2) is 9.78 Å². The molecule has 0 bridgehead atoms. The van der Waals surface area contributed by atoms with E-state index in [0.717, 1.165) is 22.0 Å². The van der Waals surface area contributed by atoms with Crippen LogP contribution in [0.4, 0.5) is 5.82 Å². The van der Waals surface area contributed by atoms with Crippen molar-refractivity contribution >= 4 is 22.7 Å². The number of para-hydroxylation sites is 1. The number of anilines is 1. The van der Waals surface area contributed by atoms with Crippen molar-refractivity contribution in [2.24, 2.45) is 0 Å². The summed E-state index contributed by atoms with van der Waals surface area (Å²) in [5.41, 5.74) is 3.84. The second kappa shape index (κ2) is 8.40. The second-order valence-corrected chi connectivity index (χ2v) is 6.41. The number of carbonyl (C=O) groups is 1. The number of hydrogen-bond donors (Lipinski definition) is 1. The fourth-order valence-electron chi connectivity index (χ4n) is 3.05. The number of methoxy groups -OCH3 is 1. The maximum Gasteiger partial charge on any atom is 0.341 e. The monoisotopic (exact) mass is 375 g/mol. The highest BCUT2D eigenvalue weighted by molar-refractivity contribution is 5.92. The number of nitrogens with zero attached hydrogens (tertiary/aromatic N) is 2. The molecule has 0 unspecified atom stereocenters. The van der Waals surface area contributed by atoms with Crippen LogP contribution in [0.15, 0.2) is 42.5 Å². The normalized spacial score (nSPS) is 10.4. The lowest BCUT2D eigenvalue weighted by molar-refractivity contribution is 0.0517. The van der Waals surface area contributed by atoms with Crippen LogP contribution >= 0.6 is 0 Å². The third-order valence-electron chi connectivity index (χ3n) is 4.36. The van der Waals surface area contributed by atoms with E-state index in [9.17, 15) is 10.1 Å². The molecule has 142 valence electrons. The molecule has 1 aromatic heterocycles. The summed E-state index contributed by atoms with van der Waals surface area (Å²) in [7, 11) is 1.51. The van der Waals surface area contributed by atoms with Gasteiger partial charge in [0.05, 0.1) is 24.7 Å².